The van der Waals surface area contributed by atoms with Crippen molar-refractivity contribution in [2.75, 3.05) is 18.9 Å². The van der Waals surface area contributed by atoms with Crippen molar-refractivity contribution in [1.29, 1.82) is 0 Å². The molecule has 1 aliphatic heterocycles. The number of hydrogen-bond donors (Lipinski definition) is 3. The van der Waals surface area contributed by atoms with E-state index < -0.39 is 29.3 Å². The molecule has 164 valence electrons. The van der Waals surface area contributed by atoms with Gasteiger partial charge < -0.3 is 20.4 Å². The lowest BCUT2D eigenvalue weighted by atomic mass is 9.97. The molecule has 1 aromatic carbocycles. The van der Waals surface area contributed by atoms with E-state index in [4.69, 9.17) is 10.5 Å². The topological polar surface area (TPSA) is 115 Å². The number of alkyl halides is 3. The van der Waals surface area contributed by atoms with E-state index in [1.165, 1.54) is 6.07 Å². The smallest absolute Gasteiger partial charge is 0.454 e. The zero-order valence-electron chi connectivity index (χ0n) is 16.5. The standard InChI is InChI=1S/C20H20F3N5O3/c1-2-8-28-11-6-4-3-5-10(11)12(16(29)20(21,22)23)15(28)14-13-17(24)26-19(30)27-18(13)31-9-7-25-14/h3-6,14,25H,2,7-9H2,1H3,(H3,24,26,27,30). The van der Waals surface area contributed by atoms with E-state index in [1.807, 2.05) is 6.92 Å². The maximum atomic E-state index is 13.6. The minimum absolute atomic E-state index is 0.0741. The average molecular weight is 435 g/mol. The maximum Gasteiger partial charge on any atom is 0.454 e. The fourth-order valence-electron chi connectivity index (χ4n) is 4.02. The van der Waals surface area contributed by atoms with Crippen molar-refractivity contribution in [3.63, 3.8) is 0 Å². The summed E-state index contributed by atoms with van der Waals surface area (Å²) < 4.78 is 48.1. The minimum Gasteiger partial charge on any atom is -0.476 e. The molecule has 0 radical (unpaired) electrons. The SMILES string of the molecule is CCCn1c(C2NCCOc3nc(=O)[nH]c(N)c32)c(C(=O)C(F)(F)F)c2ccccc21. The van der Waals surface area contributed by atoms with E-state index in [1.54, 1.807) is 22.8 Å². The number of benzene rings is 1. The second kappa shape index (κ2) is 7.73. The molecule has 1 unspecified atom stereocenters. The number of nitrogen functional groups attached to an aromatic ring is 1. The van der Waals surface area contributed by atoms with E-state index in [9.17, 15) is 22.8 Å². The van der Waals surface area contributed by atoms with Crippen LogP contribution >= 0.6 is 0 Å². The molecule has 1 aliphatic rings. The van der Waals surface area contributed by atoms with Crippen LogP contribution in [0.1, 0.15) is 41.0 Å². The quantitative estimate of drug-likeness (QED) is 0.543. The monoisotopic (exact) mass is 435 g/mol. The molecule has 8 nitrogen and oxygen atoms in total. The van der Waals surface area contributed by atoms with Crippen LogP contribution in [0.4, 0.5) is 19.0 Å². The third-order valence-electron chi connectivity index (χ3n) is 5.16. The van der Waals surface area contributed by atoms with Crippen LogP contribution in [-0.4, -0.2) is 39.6 Å². The third kappa shape index (κ3) is 3.54. The van der Waals surface area contributed by atoms with Gasteiger partial charge in [0.05, 0.1) is 22.9 Å². The molecule has 0 aliphatic carbocycles. The summed E-state index contributed by atoms with van der Waals surface area (Å²) in [5.74, 6) is -2.11. The number of Topliss-reactive ketones (excluding diaryl/α,β-unsaturated/α-hetero) is 1. The summed E-state index contributed by atoms with van der Waals surface area (Å²) in [6, 6.07) is 5.49. The lowest BCUT2D eigenvalue weighted by Crippen LogP contribution is -2.31. The van der Waals surface area contributed by atoms with Gasteiger partial charge in [-0.2, -0.15) is 18.2 Å². The number of ketones is 1. The van der Waals surface area contributed by atoms with Crippen LogP contribution in [0.25, 0.3) is 10.9 Å². The number of halogens is 3. The molecule has 3 aromatic rings. The van der Waals surface area contributed by atoms with Crippen LogP contribution in [-0.2, 0) is 6.54 Å². The normalized spacial score (nSPS) is 16.6. The van der Waals surface area contributed by atoms with E-state index in [2.05, 4.69) is 15.3 Å². The Hall–Kier alpha value is -3.34. The lowest BCUT2D eigenvalue weighted by Gasteiger charge is -2.23. The van der Waals surface area contributed by atoms with Crippen molar-refractivity contribution in [3.8, 4) is 5.88 Å². The first-order valence-corrected chi connectivity index (χ1v) is 9.72. The van der Waals surface area contributed by atoms with Crippen LogP contribution in [0.15, 0.2) is 29.1 Å². The van der Waals surface area contributed by atoms with E-state index in [0.717, 1.165) is 0 Å². The number of nitrogens with zero attached hydrogens (tertiary/aromatic N) is 2. The van der Waals surface area contributed by atoms with Gasteiger partial charge >= 0.3 is 11.9 Å². The summed E-state index contributed by atoms with van der Waals surface area (Å²) in [5, 5.41) is 3.31. The molecular weight excluding hydrogens is 415 g/mol. The van der Waals surface area contributed by atoms with E-state index in [0.29, 0.717) is 18.5 Å². The molecule has 0 bridgehead atoms. The molecule has 11 heteroatoms. The van der Waals surface area contributed by atoms with Gasteiger partial charge in [0.1, 0.15) is 12.4 Å². The van der Waals surface area contributed by atoms with Crippen LogP contribution in [0, 0.1) is 0 Å². The van der Waals surface area contributed by atoms with Gasteiger partial charge in [-0.1, -0.05) is 25.1 Å². The molecule has 0 spiro atoms. The van der Waals surface area contributed by atoms with Gasteiger partial charge in [0.15, 0.2) is 0 Å². The van der Waals surface area contributed by atoms with Crippen LogP contribution in [0.2, 0.25) is 0 Å². The van der Waals surface area contributed by atoms with Gasteiger partial charge in [0, 0.05) is 24.0 Å². The van der Waals surface area contributed by atoms with Gasteiger partial charge in [-0.05, 0) is 12.5 Å². The Morgan fingerprint density at radius 2 is 2.10 bits per heavy atom. The van der Waals surface area contributed by atoms with Crippen molar-refractivity contribution in [2.24, 2.45) is 0 Å². The molecule has 1 atom stereocenters. The zero-order chi connectivity index (χ0) is 22.3. The van der Waals surface area contributed by atoms with Crippen LogP contribution < -0.4 is 21.5 Å². The molecule has 4 N–H and O–H groups in total. The first kappa shape index (κ1) is 20.9. The fraction of sp³-hybridized carbons (Fsp3) is 0.350. The predicted octanol–water partition coefficient (Wildman–Crippen LogP) is 2.53. The number of aromatic nitrogens is 3. The molecule has 4 rings (SSSR count). The van der Waals surface area contributed by atoms with Crippen LogP contribution in [0.5, 0.6) is 5.88 Å². The van der Waals surface area contributed by atoms with Crippen molar-refractivity contribution < 1.29 is 22.7 Å². The number of nitrogens with two attached hydrogens (primary N) is 1. The van der Waals surface area contributed by atoms with Gasteiger partial charge in [-0.3, -0.25) is 9.78 Å². The summed E-state index contributed by atoms with van der Waals surface area (Å²) >= 11 is 0. The van der Waals surface area contributed by atoms with E-state index >= 15 is 0 Å². The number of carbonyl (C=O) groups is 1. The zero-order valence-corrected chi connectivity index (χ0v) is 16.5. The number of aryl methyl sites for hydroxylation is 1. The molecule has 0 fully saturated rings. The Bertz CT molecular complexity index is 1220. The number of aromatic amines is 1. The molecule has 0 amide bonds. The summed E-state index contributed by atoms with van der Waals surface area (Å²) in [5.41, 5.74) is 5.64. The number of fused-ring (bicyclic) bond motifs is 2. The fourth-order valence-corrected chi connectivity index (χ4v) is 4.02. The van der Waals surface area contributed by atoms with E-state index in [-0.39, 0.29) is 41.5 Å². The number of H-pyrrole nitrogens is 1. The molecule has 3 heterocycles. The first-order chi connectivity index (χ1) is 14.7. The summed E-state index contributed by atoms with van der Waals surface area (Å²) in [4.78, 5) is 30.5. The van der Waals surface area contributed by atoms with Crippen molar-refractivity contribution >= 4 is 22.5 Å². The number of rotatable bonds is 4. The first-order valence-electron chi connectivity index (χ1n) is 9.72. The molecule has 2 aromatic heterocycles. The largest absolute Gasteiger partial charge is 0.476 e. The van der Waals surface area contributed by atoms with Gasteiger partial charge in [-0.15, -0.1) is 0 Å². The number of hydrogen-bond acceptors (Lipinski definition) is 6. The van der Waals surface area contributed by atoms with Gasteiger partial charge in [0.2, 0.25) is 5.88 Å². The molecule has 0 saturated carbocycles. The Kier molecular flexibility index (Phi) is 5.21. The molecular formula is C20H20F3N5O3. The van der Waals surface area contributed by atoms with Crippen molar-refractivity contribution in [2.45, 2.75) is 32.1 Å². The number of ether oxygens (including phenoxy) is 1. The summed E-state index contributed by atoms with van der Waals surface area (Å²) in [7, 11) is 0. The number of nitrogens with one attached hydrogen (secondary N) is 2. The Labute approximate surface area is 174 Å². The highest BCUT2D eigenvalue weighted by Crippen LogP contribution is 2.40. The Morgan fingerprint density at radius 1 is 1.35 bits per heavy atom. The van der Waals surface area contributed by atoms with Crippen molar-refractivity contribution in [3.05, 3.63) is 51.6 Å². The number of carbonyl (C=O) groups excluding carboxylic acids is 1. The summed E-state index contributed by atoms with van der Waals surface area (Å²) in [6.45, 7) is 2.61. The lowest BCUT2D eigenvalue weighted by molar-refractivity contribution is -0.0885. The molecule has 31 heavy (non-hydrogen) atoms. The minimum atomic E-state index is -5.07. The number of para-hydroxylation sites is 1. The average Bonchev–Trinajstić information content (AvgIpc) is 2.86. The van der Waals surface area contributed by atoms with Crippen molar-refractivity contribution in [1.82, 2.24) is 19.9 Å². The van der Waals surface area contributed by atoms with Gasteiger partial charge in [0.25, 0.3) is 5.78 Å². The highest BCUT2D eigenvalue weighted by molar-refractivity contribution is 6.12. The maximum absolute atomic E-state index is 13.6. The van der Waals surface area contributed by atoms with Gasteiger partial charge in [-0.25, -0.2) is 4.79 Å². The highest BCUT2D eigenvalue weighted by Gasteiger charge is 2.44. The third-order valence-corrected chi connectivity index (χ3v) is 5.16. The molecule has 0 saturated heterocycles. The summed E-state index contributed by atoms with van der Waals surface area (Å²) in [6.07, 6.45) is -4.46. The second-order valence-corrected chi connectivity index (χ2v) is 7.17. The highest BCUT2D eigenvalue weighted by atomic mass is 19.4. The number of anilines is 1. The Morgan fingerprint density at radius 3 is 2.81 bits per heavy atom. The Balaban J connectivity index is 2.10. The predicted molar refractivity (Wildman–Crippen MR) is 107 cm³/mol. The second-order valence-electron chi connectivity index (χ2n) is 7.17. The van der Waals surface area contributed by atoms with Crippen LogP contribution in [0.3, 0.4) is 0 Å².